The Hall–Kier alpha value is -2.00. The first-order valence-corrected chi connectivity index (χ1v) is 9.08. The lowest BCUT2D eigenvalue weighted by atomic mass is 9.79. The molecule has 1 fully saturated rings. The zero-order valence-corrected chi connectivity index (χ0v) is 14.4. The predicted molar refractivity (Wildman–Crippen MR) is 101 cm³/mol. The van der Waals surface area contributed by atoms with Crippen molar-refractivity contribution in [3.05, 3.63) is 59.1 Å². The Labute approximate surface area is 148 Å². The summed E-state index contributed by atoms with van der Waals surface area (Å²) in [5.74, 6) is 1.08. The maximum absolute atomic E-state index is 5.98. The van der Waals surface area contributed by atoms with Gasteiger partial charge in [0.25, 0.3) is 0 Å². The minimum Gasteiger partial charge on any atom is -0.371 e. The van der Waals surface area contributed by atoms with Crippen LogP contribution >= 0.6 is 11.6 Å². The van der Waals surface area contributed by atoms with E-state index in [1.54, 1.807) is 0 Å². The molecule has 0 unspecified atom stereocenters. The lowest BCUT2D eigenvalue weighted by Crippen LogP contribution is -2.54. The monoisotopic (exact) mass is 339 g/mol. The Morgan fingerprint density at radius 2 is 1.75 bits per heavy atom. The first-order valence-electron chi connectivity index (χ1n) is 8.70. The molecule has 3 nitrogen and oxygen atoms in total. The summed E-state index contributed by atoms with van der Waals surface area (Å²) in [6, 6.07) is 16.3. The molecule has 4 rings (SSSR count). The first kappa shape index (κ1) is 15.5. The fourth-order valence-corrected chi connectivity index (χ4v) is 3.86. The summed E-state index contributed by atoms with van der Waals surface area (Å²) in [6.07, 6.45) is 6.07. The molecule has 24 heavy (non-hydrogen) atoms. The van der Waals surface area contributed by atoms with Crippen LogP contribution in [-0.4, -0.2) is 11.4 Å². The Morgan fingerprint density at radius 1 is 1.00 bits per heavy atom. The molecular formula is C20H22ClN3. The summed E-state index contributed by atoms with van der Waals surface area (Å²) in [5, 5.41) is 8.17. The molecule has 1 spiro atoms. The Kier molecular flexibility index (Phi) is 4.19. The van der Waals surface area contributed by atoms with Crippen LogP contribution in [0.3, 0.4) is 0 Å². The van der Waals surface area contributed by atoms with E-state index >= 15 is 0 Å². The lowest BCUT2D eigenvalue weighted by Gasteiger charge is -2.42. The summed E-state index contributed by atoms with van der Waals surface area (Å²) < 4.78 is 0. The number of amidine groups is 1. The highest BCUT2D eigenvalue weighted by Crippen LogP contribution is 2.40. The fourth-order valence-electron chi connectivity index (χ4n) is 3.74. The quantitative estimate of drug-likeness (QED) is 0.780. The zero-order valence-electron chi connectivity index (χ0n) is 13.7. The molecule has 2 aromatic carbocycles. The normalized spacial score (nSPS) is 18.5. The van der Waals surface area contributed by atoms with Crippen molar-refractivity contribution in [2.45, 2.75) is 44.2 Å². The molecule has 0 radical (unpaired) electrons. The largest absolute Gasteiger partial charge is 0.371 e. The molecule has 4 heteroatoms. The van der Waals surface area contributed by atoms with Crippen molar-refractivity contribution in [2.75, 3.05) is 5.32 Å². The number of hydrogen-bond donors (Lipinski definition) is 2. The summed E-state index contributed by atoms with van der Waals surface area (Å²) in [5.41, 5.74) is 3.34. The summed E-state index contributed by atoms with van der Waals surface area (Å²) in [6.45, 7) is 0.765. The third-order valence-corrected chi connectivity index (χ3v) is 5.30. The Balaban J connectivity index is 1.61. The second kappa shape index (κ2) is 6.48. The van der Waals surface area contributed by atoms with Gasteiger partial charge in [-0.15, -0.1) is 0 Å². The van der Waals surface area contributed by atoms with Gasteiger partial charge in [-0.25, -0.2) is 4.99 Å². The minimum absolute atomic E-state index is 0.0426. The number of nitrogens with zero attached hydrogens (tertiary/aromatic N) is 1. The van der Waals surface area contributed by atoms with Crippen molar-refractivity contribution in [2.24, 2.45) is 4.99 Å². The molecule has 1 aliphatic heterocycles. The van der Waals surface area contributed by atoms with Crippen molar-refractivity contribution in [1.82, 2.24) is 5.32 Å². The highest BCUT2D eigenvalue weighted by Gasteiger charge is 2.40. The second-order valence-electron chi connectivity index (χ2n) is 6.73. The molecule has 1 saturated carbocycles. The topological polar surface area (TPSA) is 36.4 Å². The Bertz CT molecular complexity index is 746. The van der Waals surface area contributed by atoms with Crippen molar-refractivity contribution in [1.29, 1.82) is 0 Å². The average molecular weight is 340 g/mol. The molecule has 1 heterocycles. The number of benzene rings is 2. The molecule has 2 aromatic rings. The van der Waals surface area contributed by atoms with Gasteiger partial charge in [0, 0.05) is 11.6 Å². The molecule has 124 valence electrons. The van der Waals surface area contributed by atoms with Crippen LogP contribution in [0.25, 0.3) is 0 Å². The van der Waals surface area contributed by atoms with Crippen molar-refractivity contribution < 1.29 is 0 Å². The third kappa shape index (κ3) is 3.01. The van der Waals surface area contributed by atoms with E-state index in [-0.39, 0.29) is 5.54 Å². The lowest BCUT2D eigenvalue weighted by molar-refractivity contribution is 0.396. The van der Waals surface area contributed by atoms with Gasteiger partial charge in [0.15, 0.2) is 0 Å². The van der Waals surface area contributed by atoms with Gasteiger partial charge in [0.1, 0.15) is 5.84 Å². The number of para-hydroxylation sites is 2. The standard InChI is InChI=1S/C20H22ClN3/c21-16-10-8-15(9-11-16)14-22-19-20(12-4-1-5-13-20)24-18-7-3-2-6-17(18)23-19/h2-3,6-11,24H,1,4-5,12-14H2,(H,22,23). The number of hydrogen-bond acceptors (Lipinski definition) is 3. The average Bonchev–Trinajstić information content (AvgIpc) is 2.62. The van der Waals surface area contributed by atoms with Crippen LogP contribution in [0, 0.1) is 0 Å². The molecule has 0 amide bonds. The van der Waals surface area contributed by atoms with Crippen molar-refractivity contribution in [3.63, 3.8) is 0 Å². The number of aliphatic imine (C=N–C) groups is 1. The van der Waals surface area contributed by atoms with E-state index in [1.165, 1.54) is 24.8 Å². The highest BCUT2D eigenvalue weighted by atomic mass is 35.5. The third-order valence-electron chi connectivity index (χ3n) is 5.04. The van der Waals surface area contributed by atoms with Crippen molar-refractivity contribution >= 4 is 28.8 Å². The van der Waals surface area contributed by atoms with Gasteiger partial charge in [-0.3, -0.25) is 0 Å². The first-order chi connectivity index (χ1) is 11.8. The molecule has 0 atom stereocenters. The van der Waals surface area contributed by atoms with Gasteiger partial charge in [0.2, 0.25) is 0 Å². The van der Waals surface area contributed by atoms with Crippen LogP contribution < -0.4 is 10.6 Å². The van der Waals surface area contributed by atoms with E-state index in [0.717, 1.165) is 41.6 Å². The Morgan fingerprint density at radius 3 is 2.54 bits per heavy atom. The van der Waals surface area contributed by atoms with Crippen LogP contribution in [0.1, 0.15) is 37.7 Å². The minimum atomic E-state index is -0.0426. The summed E-state index contributed by atoms with van der Waals surface area (Å²) >= 11 is 5.98. The number of nitrogens with one attached hydrogen (secondary N) is 2. The van der Waals surface area contributed by atoms with Crippen LogP contribution in [0.15, 0.2) is 53.5 Å². The van der Waals surface area contributed by atoms with Gasteiger partial charge in [-0.1, -0.05) is 55.1 Å². The fraction of sp³-hybridized carbons (Fsp3) is 0.350. The van der Waals surface area contributed by atoms with Crippen molar-refractivity contribution in [3.8, 4) is 0 Å². The zero-order chi connectivity index (χ0) is 16.4. The molecule has 1 aliphatic carbocycles. The molecule has 2 aliphatic rings. The van der Waals surface area contributed by atoms with E-state index in [2.05, 4.69) is 41.0 Å². The van der Waals surface area contributed by atoms with E-state index in [4.69, 9.17) is 16.6 Å². The van der Waals surface area contributed by atoms with E-state index in [0.29, 0.717) is 0 Å². The van der Waals surface area contributed by atoms with Gasteiger partial charge in [-0.2, -0.15) is 0 Å². The maximum Gasteiger partial charge on any atom is 0.128 e. The van der Waals surface area contributed by atoms with Gasteiger partial charge < -0.3 is 10.6 Å². The van der Waals surface area contributed by atoms with E-state index in [1.807, 2.05) is 18.2 Å². The van der Waals surface area contributed by atoms with Crippen LogP contribution in [0.2, 0.25) is 5.02 Å². The van der Waals surface area contributed by atoms with Crippen LogP contribution in [0.5, 0.6) is 0 Å². The molecule has 2 N–H and O–H groups in total. The summed E-state index contributed by atoms with van der Waals surface area (Å²) in [7, 11) is 0. The second-order valence-corrected chi connectivity index (χ2v) is 7.16. The SMILES string of the molecule is Clc1ccc(CNC2=Nc3ccccc3NC23CCCCC3)cc1. The molecule has 0 aromatic heterocycles. The highest BCUT2D eigenvalue weighted by molar-refractivity contribution is 6.30. The smallest absolute Gasteiger partial charge is 0.128 e. The van der Waals surface area contributed by atoms with Gasteiger partial charge >= 0.3 is 0 Å². The van der Waals surface area contributed by atoms with E-state index in [9.17, 15) is 0 Å². The van der Waals surface area contributed by atoms with Crippen LogP contribution in [0.4, 0.5) is 11.4 Å². The maximum atomic E-state index is 5.98. The molecular weight excluding hydrogens is 318 g/mol. The number of halogens is 1. The number of fused-ring (bicyclic) bond motifs is 1. The summed E-state index contributed by atoms with van der Waals surface area (Å²) in [4.78, 5) is 4.97. The number of anilines is 1. The molecule has 0 bridgehead atoms. The molecule has 0 saturated heterocycles. The van der Waals surface area contributed by atoms with Gasteiger partial charge in [0.05, 0.1) is 16.9 Å². The number of rotatable bonds is 2. The van der Waals surface area contributed by atoms with Gasteiger partial charge in [-0.05, 0) is 42.7 Å². The van der Waals surface area contributed by atoms with Crippen LogP contribution in [-0.2, 0) is 6.54 Å². The predicted octanol–water partition coefficient (Wildman–Crippen LogP) is 5.29. The van der Waals surface area contributed by atoms with E-state index < -0.39 is 0 Å².